The Morgan fingerprint density at radius 2 is 2.20 bits per heavy atom. The molecule has 1 aromatic carbocycles. The van der Waals surface area contributed by atoms with Crippen molar-refractivity contribution in [3.8, 4) is 5.75 Å². The molecule has 110 valence electrons. The van der Waals surface area contributed by atoms with E-state index in [0.29, 0.717) is 0 Å². The molecule has 0 amide bonds. The molecule has 20 heavy (non-hydrogen) atoms. The number of methoxy groups -OCH3 is 1. The zero-order valence-electron chi connectivity index (χ0n) is 12.4. The van der Waals surface area contributed by atoms with Crippen LogP contribution in [0.4, 0.5) is 0 Å². The van der Waals surface area contributed by atoms with Crippen LogP contribution >= 0.6 is 0 Å². The molecular formula is C16H23NO3. The van der Waals surface area contributed by atoms with Gasteiger partial charge in [0.2, 0.25) is 0 Å². The predicted molar refractivity (Wildman–Crippen MR) is 78.1 cm³/mol. The van der Waals surface area contributed by atoms with Gasteiger partial charge >= 0.3 is 5.97 Å². The molecule has 2 rings (SSSR count). The van der Waals surface area contributed by atoms with Gasteiger partial charge in [0.15, 0.2) is 0 Å². The molecule has 1 saturated heterocycles. The molecule has 1 aliphatic rings. The third-order valence-corrected chi connectivity index (χ3v) is 4.16. The molecule has 0 aliphatic carbocycles. The van der Waals surface area contributed by atoms with Crippen molar-refractivity contribution in [1.29, 1.82) is 0 Å². The molecule has 1 fully saturated rings. The van der Waals surface area contributed by atoms with Gasteiger partial charge in [0, 0.05) is 11.6 Å². The first-order chi connectivity index (χ1) is 9.54. The van der Waals surface area contributed by atoms with Crippen molar-refractivity contribution in [2.75, 3.05) is 13.7 Å². The molecular weight excluding hydrogens is 254 g/mol. The van der Waals surface area contributed by atoms with E-state index in [9.17, 15) is 9.90 Å². The van der Waals surface area contributed by atoms with E-state index in [1.807, 2.05) is 19.1 Å². The lowest BCUT2D eigenvalue weighted by Gasteiger charge is -2.38. The number of ether oxygens (including phenoxy) is 1. The van der Waals surface area contributed by atoms with E-state index in [0.717, 1.165) is 42.7 Å². The van der Waals surface area contributed by atoms with Crippen LogP contribution in [0.5, 0.6) is 5.75 Å². The number of aryl methyl sites for hydroxylation is 1. The summed E-state index contributed by atoms with van der Waals surface area (Å²) in [6.45, 7) is 4.94. The number of carboxylic acids is 1. The zero-order valence-corrected chi connectivity index (χ0v) is 12.4. The second-order valence-electron chi connectivity index (χ2n) is 5.51. The second kappa shape index (κ2) is 6.27. The van der Waals surface area contributed by atoms with Gasteiger partial charge in [-0.15, -0.1) is 0 Å². The van der Waals surface area contributed by atoms with Crippen LogP contribution < -0.4 is 4.74 Å². The second-order valence-corrected chi connectivity index (χ2v) is 5.51. The van der Waals surface area contributed by atoms with Crippen LogP contribution in [0.3, 0.4) is 0 Å². The van der Waals surface area contributed by atoms with E-state index in [1.54, 1.807) is 7.11 Å². The normalized spacial score (nSPS) is 21.4. The lowest BCUT2D eigenvalue weighted by atomic mass is 9.96. The van der Waals surface area contributed by atoms with Crippen LogP contribution in [0, 0.1) is 6.92 Å². The van der Waals surface area contributed by atoms with Gasteiger partial charge in [0.1, 0.15) is 11.8 Å². The van der Waals surface area contributed by atoms with Crippen LogP contribution in [0.25, 0.3) is 0 Å². The van der Waals surface area contributed by atoms with E-state index >= 15 is 0 Å². The third-order valence-electron chi connectivity index (χ3n) is 4.16. The summed E-state index contributed by atoms with van der Waals surface area (Å²) in [4.78, 5) is 13.5. The summed E-state index contributed by atoms with van der Waals surface area (Å²) in [6.07, 6.45) is 2.78. The zero-order chi connectivity index (χ0) is 14.7. The molecule has 1 aliphatic heterocycles. The van der Waals surface area contributed by atoms with Gasteiger partial charge in [0.25, 0.3) is 0 Å². The fourth-order valence-electron chi connectivity index (χ4n) is 3.04. The Bertz CT molecular complexity index is 487. The van der Waals surface area contributed by atoms with Gasteiger partial charge in [-0.3, -0.25) is 9.69 Å². The smallest absolute Gasteiger partial charge is 0.320 e. The summed E-state index contributed by atoms with van der Waals surface area (Å²) in [6, 6.07) is 5.73. The van der Waals surface area contributed by atoms with Crippen LogP contribution in [-0.4, -0.2) is 35.7 Å². The highest BCUT2D eigenvalue weighted by Crippen LogP contribution is 2.34. The highest BCUT2D eigenvalue weighted by atomic mass is 16.5. The number of carboxylic acid groups (broad SMARTS) is 1. The molecule has 4 nitrogen and oxygen atoms in total. The number of nitrogens with zero attached hydrogens (tertiary/aromatic N) is 1. The van der Waals surface area contributed by atoms with Crippen LogP contribution in [0.15, 0.2) is 18.2 Å². The number of benzene rings is 1. The van der Waals surface area contributed by atoms with Crippen LogP contribution in [0.2, 0.25) is 0 Å². The fraction of sp³-hybridized carbons (Fsp3) is 0.562. The Labute approximate surface area is 120 Å². The Kier molecular flexibility index (Phi) is 4.65. The van der Waals surface area contributed by atoms with Gasteiger partial charge < -0.3 is 9.84 Å². The third kappa shape index (κ3) is 2.96. The molecule has 0 bridgehead atoms. The average Bonchev–Trinajstić information content (AvgIpc) is 2.46. The highest BCUT2D eigenvalue weighted by Gasteiger charge is 2.33. The molecule has 2 unspecified atom stereocenters. The van der Waals surface area contributed by atoms with Crippen molar-refractivity contribution in [3.05, 3.63) is 29.3 Å². The quantitative estimate of drug-likeness (QED) is 0.919. The number of piperidine rings is 1. The Morgan fingerprint density at radius 1 is 1.45 bits per heavy atom. The number of hydrogen-bond donors (Lipinski definition) is 1. The van der Waals surface area contributed by atoms with E-state index in [4.69, 9.17) is 4.74 Å². The Morgan fingerprint density at radius 3 is 2.85 bits per heavy atom. The van der Waals surface area contributed by atoms with Crippen molar-refractivity contribution < 1.29 is 14.6 Å². The van der Waals surface area contributed by atoms with Gasteiger partial charge in [-0.2, -0.15) is 0 Å². The Hall–Kier alpha value is -1.55. The molecule has 0 radical (unpaired) electrons. The maximum Gasteiger partial charge on any atom is 0.320 e. The number of likely N-dealkylation sites (tertiary alicyclic amines) is 1. The molecule has 0 saturated carbocycles. The SMILES string of the molecule is COc1ccc(C)cc1C(C)N1CCCCC1C(=O)O. The molecule has 1 aromatic rings. The molecule has 0 aromatic heterocycles. The van der Waals surface area contributed by atoms with E-state index < -0.39 is 5.97 Å². The topological polar surface area (TPSA) is 49.8 Å². The molecule has 0 spiro atoms. The minimum absolute atomic E-state index is 0.0475. The standard InChI is InChI=1S/C16H23NO3/c1-11-7-8-15(20-3)13(10-11)12(2)17-9-5-4-6-14(17)16(18)19/h7-8,10,12,14H,4-6,9H2,1-3H3,(H,18,19). The van der Waals surface area contributed by atoms with Crippen molar-refractivity contribution in [2.24, 2.45) is 0 Å². The van der Waals surface area contributed by atoms with E-state index in [-0.39, 0.29) is 12.1 Å². The summed E-state index contributed by atoms with van der Waals surface area (Å²) >= 11 is 0. The lowest BCUT2D eigenvalue weighted by Crippen LogP contribution is -2.45. The van der Waals surface area contributed by atoms with Gasteiger partial charge in [-0.05, 0) is 39.3 Å². The van der Waals surface area contributed by atoms with E-state index in [2.05, 4.69) is 17.9 Å². The number of rotatable bonds is 4. The summed E-state index contributed by atoms with van der Waals surface area (Å²) in [7, 11) is 1.66. The molecule has 4 heteroatoms. The monoisotopic (exact) mass is 277 g/mol. The summed E-state index contributed by atoms with van der Waals surface area (Å²) in [5, 5.41) is 9.41. The first-order valence-electron chi connectivity index (χ1n) is 7.17. The minimum Gasteiger partial charge on any atom is -0.496 e. The summed E-state index contributed by atoms with van der Waals surface area (Å²) < 4.78 is 5.43. The fourth-order valence-corrected chi connectivity index (χ4v) is 3.04. The predicted octanol–water partition coefficient (Wildman–Crippen LogP) is 3.00. The molecule has 1 N–H and O–H groups in total. The first-order valence-corrected chi connectivity index (χ1v) is 7.17. The van der Waals surface area contributed by atoms with Crippen LogP contribution in [-0.2, 0) is 4.79 Å². The summed E-state index contributed by atoms with van der Waals surface area (Å²) in [5.41, 5.74) is 2.23. The van der Waals surface area contributed by atoms with Crippen molar-refractivity contribution in [1.82, 2.24) is 4.90 Å². The number of hydrogen-bond acceptors (Lipinski definition) is 3. The average molecular weight is 277 g/mol. The highest BCUT2D eigenvalue weighted by molar-refractivity contribution is 5.73. The van der Waals surface area contributed by atoms with Crippen molar-refractivity contribution >= 4 is 5.97 Å². The van der Waals surface area contributed by atoms with Crippen molar-refractivity contribution in [3.63, 3.8) is 0 Å². The molecule has 1 heterocycles. The maximum absolute atomic E-state index is 11.4. The van der Waals surface area contributed by atoms with Crippen LogP contribution in [0.1, 0.15) is 43.4 Å². The molecule has 2 atom stereocenters. The minimum atomic E-state index is -0.719. The van der Waals surface area contributed by atoms with Gasteiger partial charge in [0.05, 0.1) is 7.11 Å². The number of carbonyl (C=O) groups is 1. The summed E-state index contributed by atoms with van der Waals surface area (Å²) in [5.74, 6) is 0.112. The lowest BCUT2D eigenvalue weighted by molar-refractivity contribution is -0.145. The van der Waals surface area contributed by atoms with E-state index in [1.165, 1.54) is 0 Å². The van der Waals surface area contributed by atoms with Gasteiger partial charge in [-0.1, -0.05) is 24.1 Å². The first kappa shape index (κ1) is 14.9. The van der Waals surface area contributed by atoms with Gasteiger partial charge in [-0.25, -0.2) is 0 Å². The van der Waals surface area contributed by atoms with Crippen molar-refractivity contribution in [2.45, 2.75) is 45.2 Å². The largest absolute Gasteiger partial charge is 0.496 e. The maximum atomic E-state index is 11.4. The number of aliphatic carboxylic acids is 1. The Balaban J connectivity index is 2.31.